The number of unbranched alkanes of at least 4 members (excludes halogenated alkanes) is 2. The number of hydrogen-bond donors (Lipinski definition) is 1. The van der Waals surface area contributed by atoms with Crippen LogP contribution in [0.1, 0.15) is 41.6 Å². The van der Waals surface area contributed by atoms with Crippen molar-refractivity contribution in [3.05, 3.63) is 34.3 Å². The summed E-state index contributed by atoms with van der Waals surface area (Å²) in [6.07, 6.45) is 4.00. The van der Waals surface area contributed by atoms with Gasteiger partial charge in [-0.1, -0.05) is 31.1 Å². The maximum atomic E-state index is 14.0. The number of benzene rings is 1. The number of aryl methyl sites for hydroxylation is 1. The van der Waals surface area contributed by atoms with Crippen molar-refractivity contribution in [3.63, 3.8) is 0 Å². The highest BCUT2D eigenvalue weighted by molar-refractivity contribution is 7.15. The lowest BCUT2D eigenvalue weighted by molar-refractivity contribution is 0.102. The molecule has 8 heteroatoms. The number of rotatable bonds is 7. The second-order valence-electron chi connectivity index (χ2n) is 4.85. The number of anilines is 1. The minimum absolute atomic E-state index is 0.282. The van der Waals surface area contributed by atoms with Crippen LogP contribution >= 0.6 is 11.3 Å². The monoisotopic (exact) mass is 341 g/mol. The van der Waals surface area contributed by atoms with E-state index in [1.54, 1.807) is 0 Å². The second kappa shape index (κ2) is 7.96. The number of hydrogen-bond acceptors (Lipinski definition) is 5. The van der Waals surface area contributed by atoms with E-state index in [9.17, 15) is 13.6 Å². The van der Waals surface area contributed by atoms with Gasteiger partial charge < -0.3 is 4.74 Å². The Balaban J connectivity index is 2.08. The zero-order chi connectivity index (χ0) is 16.8. The summed E-state index contributed by atoms with van der Waals surface area (Å²) >= 11 is 1.24. The van der Waals surface area contributed by atoms with Crippen LogP contribution in [-0.4, -0.2) is 23.2 Å². The van der Waals surface area contributed by atoms with Gasteiger partial charge in [-0.25, -0.2) is 8.78 Å². The van der Waals surface area contributed by atoms with Crippen LogP contribution in [0.25, 0.3) is 0 Å². The van der Waals surface area contributed by atoms with E-state index in [4.69, 9.17) is 0 Å². The summed E-state index contributed by atoms with van der Waals surface area (Å²) in [6.45, 7) is 2.11. The third-order valence-electron chi connectivity index (χ3n) is 3.18. The topological polar surface area (TPSA) is 64.1 Å². The van der Waals surface area contributed by atoms with Gasteiger partial charge in [-0.3, -0.25) is 10.1 Å². The molecule has 0 aliphatic heterocycles. The van der Waals surface area contributed by atoms with E-state index in [0.717, 1.165) is 49.9 Å². The molecule has 0 atom stereocenters. The first-order valence-electron chi connectivity index (χ1n) is 7.22. The average Bonchev–Trinajstić information content (AvgIpc) is 2.95. The largest absolute Gasteiger partial charge is 0.491 e. The van der Waals surface area contributed by atoms with E-state index in [1.165, 1.54) is 11.3 Å². The third-order valence-corrected chi connectivity index (χ3v) is 4.08. The molecule has 23 heavy (non-hydrogen) atoms. The maximum Gasteiger partial charge on any atom is 0.260 e. The van der Waals surface area contributed by atoms with Gasteiger partial charge in [-0.15, -0.1) is 10.2 Å². The fourth-order valence-corrected chi connectivity index (χ4v) is 2.77. The van der Waals surface area contributed by atoms with Crippen LogP contribution in [0.4, 0.5) is 13.9 Å². The zero-order valence-corrected chi connectivity index (χ0v) is 13.7. The maximum absolute atomic E-state index is 14.0. The van der Waals surface area contributed by atoms with Crippen molar-refractivity contribution in [2.24, 2.45) is 0 Å². The Morgan fingerprint density at radius 3 is 2.78 bits per heavy atom. The summed E-state index contributed by atoms with van der Waals surface area (Å²) in [5.41, 5.74) is -0.314. The minimum Gasteiger partial charge on any atom is -0.491 e. The van der Waals surface area contributed by atoms with Crippen LogP contribution in [0.3, 0.4) is 0 Å². The van der Waals surface area contributed by atoms with Crippen molar-refractivity contribution in [2.75, 3.05) is 12.4 Å². The Kier molecular flexibility index (Phi) is 5.97. The summed E-state index contributed by atoms with van der Waals surface area (Å²) in [4.78, 5) is 12.1. The van der Waals surface area contributed by atoms with Crippen LogP contribution in [0.5, 0.6) is 5.75 Å². The average molecular weight is 341 g/mol. The minimum atomic E-state index is -1.04. The Morgan fingerprint density at radius 1 is 1.30 bits per heavy atom. The molecule has 1 aromatic heterocycles. The number of carbonyl (C=O) groups excluding carboxylic acids is 1. The summed E-state index contributed by atoms with van der Waals surface area (Å²) in [7, 11) is 1.14. The van der Waals surface area contributed by atoms with Crippen LogP contribution in [-0.2, 0) is 6.42 Å². The SMILES string of the molecule is CCCCCc1nnc(NC(=O)c2ccc(F)c(OC)c2F)s1. The molecule has 0 fully saturated rings. The summed E-state index contributed by atoms with van der Waals surface area (Å²) in [5, 5.41) is 11.4. The molecule has 0 spiro atoms. The van der Waals surface area contributed by atoms with Crippen LogP contribution in [0, 0.1) is 11.6 Å². The highest BCUT2D eigenvalue weighted by atomic mass is 32.1. The molecule has 0 aliphatic carbocycles. The molecule has 0 saturated heterocycles. The summed E-state index contributed by atoms with van der Waals surface area (Å²) < 4.78 is 32.0. The summed E-state index contributed by atoms with van der Waals surface area (Å²) in [5.74, 6) is -3.22. The Labute approximate surface area is 136 Å². The van der Waals surface area contributed by atoms with Crippen molar-refractivity contribution in [1.82, 2.24) is 10.2 Å². The van der Waals surface area contributed by atoms with Gasteiger partial charge in [0.2, 0.25) is 5.13 Å². The Hall–Kier alpha value is -2.09. The van der Waals surface area contributed by atoms with Gasteiger partial charge >= 0.3 is 0 Å². The van der Waals surface area contributed by atoms with Crippen LogP contribution < -0.4 is 10.1 Å². The van der Waals surface area contributed by atoms with Gasteiger partial charge in [0.15, 0.2) is 17.4 Å². The second-order valence-corrected chi connectivity index (χ2v) is 5.92. The number of nitrogens with zero attached hydrogens (tertiary/aromatic N) is 2. The molecule has 2 aromatic rings. The predicted octanol–water partition coefficient (Wildman–Crippen LogP) is 3.81. The molecule has 0 aliphatic rings. The van der Waals surface area contributed by atoms with Crippen LogP contribution in [0.15, 0.2) is 12.1 Å². The molecule has 2 rings (SSSR count). The van der Waals surface area contributed by atoms with Gasteiger partial charge in [-0.05, 0) is 18.6 Å². The quantitative estimate of drug-likeness (QED) is 0.778. The number of carbonyl (C=O) groups is 1. The molecule has 0 radical (unpaired) electrons. The van der Waals surface area contributed by atoms with E-state index in [2.05, 4.69) is 27.2 Å². The van der Waals surface area contributed by atoms with E-state index in [1.807, 2.05) is 0 Å². The van der Waals surface area contributed by atoms with Gasteiger partial charge in [0, 0.05) is 6.42 Å². The van der Waals surface area contributed by atoms with Crippen molar-refractivity contribution in [2.45, 2.75) is 32.6 Å². The molecule has 1 aromatic carbocycles. The lowest BCUT2D eigenvalue weighted by Crippen LogP contribution is -2.14. The van der Waals surface area contributed by atoms with E-state index < -0.39 is 23.3 Å². The predicted molar refractivity (Wildman–Crippen MR) is 84.0 cm³/mol. The molecule has 0 bridgehead atoms. The molecule has 1 amide bonds. The van der Waals surface area contributed by atoms with Crippen molar-refractivity contribution < 1.29 is 18.3 Å². The van der Waals surface area contributed by atoms with Gasteiger partial charge in [-0.2, -0.15) is 0 Å². The molecule has 0 saturated carbocycles. The molecule has 124 valence electrons. The number of nitrogens with one attached hydrogen (secondary N) is 1. The van der Waals surface area contributed by atoms with E-state index in [-0.39, 0.29) is 10.7 Å². The van der Waals surface area contributed by atoms with Crippen molar-refractivity contribution in [1.29, 1.82) is 0 Å². The Morgan fingerprint density at radius 2 is 2.09 bits per heavy atom. The van der Waals surface area contributed by atoms with Gasteiger partial charge in [0.1, 0.15) is 5.01 Å². The van der Waals surface area contributed by atoms with Crippen molar-refractivity contribution in [3.8, 4) is 5.75 Å². The molecule has 1 heterocycles. The lowest BCUT2D eigenvalue weighted by Gasteiger charge is -2.07. The van der Waals surface area contributed by atoms with E-state index in [0.29, 0.717) is 0 Å². The van der Waals surface area contributed by atoms with Crippen LogP contribution in [0.2, 0.25) is 0 Å². The molecular weight excluding hydrogens is 324 g/mol. The zero-order valence-electron chi connectivity index (χ0n) is 12.9. The number of methoxy groups -OCH3 is 1. The number of aromatic nitrogens is 2. The first-order chi connectivity index (χ1) is 11.1. The third kappa shape index (κ3) is 4.22. The highest BCUT2D eigenvalue weighted by Crippen LogP contribution is 2.25. The number of ether oxygens (including phenoxy) is 1. The fraction of sp³-hybridized carbons (Fsp3) is 0.400. The summed E-state index contributed by atoms with van der Waals surface area (Å²) in [6, 6.07) is 2.04. The normalized spacial score (nSPS) is 10.6. The highest BCUT2D eigenvalue weighted by Gasteiger charge is 2.20. The molecule has 5 nitrogen and oxygen atoms in total. The first kappa shape index (κ1) is 17.3. The van der Waals surface area contributed by atoms with Gasteiger partial charge in [0.05, 0.1) is 12.7 Å². The molecule has 0 unspecified atom stereocenters. The fourth-order valence-electron chi connectivity index (χ4n) is 1.99. The van der Waals surface area contributed by atoms with Gasteiger partial charge in [0.25, 0.3) is 5.91 Å². The Bertz CT molecular complexity index is 691. The lowest BCUT2D eigenvalue weighted by atomic mass is 10.2. The molecular formula is C15H17F2N3O2S. The molecule has 1 N–H and O–H groups in total. The number of halogens is 2. The standard InChI is InChI=1S/C15H17F2N3O2S/c1-3-4-5-6-11-19-20-15(23-11)18-14(21)9-7-8-10(16)13(22-2)12(9)17/h7-8H,3-6H2,1-2H3,(H,18,20,21). The first-order valence-corrected chi connectivity index (χ1v) is 8.04. The number of amides is 1. The van der Waals surface area contributed by atoms with Crippen molar-refractivity contribution >= 4 is 22.4 Å². The van der Waals surface area contributed by atoms with E-state index >= 15 is 0 Å². The smallest absolute Gasteiger partial charge is 0.260 e.